The van der Waals surface area contributed by atoms with Gasteiger partial charge in [-0.3, -0.25) is 0 Å². The molecule has 190 valence electrons. The topological polar surface area (TPSA) is 18.5 Å². The summed E-state index contributed by atoms with van der Waals surface area (Å²) < 4.78 is 100. The van der Waals surface area contributed by atoms with Crippen LogP contribution in [0.5, 0.6) is 11.5 Å². The molecule has 0 atom stereocenters. The quantitative estimate of drug-likeness (QED) is 0.240. The lowest BCUT2D eigenvalue weighted by Crippen LogP contribution is -2.16. The van der Waals surface area contributed by atoms with E-state index in [9.17, 15) is 13.2 Å². The highest BCUT2D eigenvalue weighted by atomic mass is 19.3. The third-order valence-electron chi connectivity index (χ3n) is 6.32. The van der Waals surface area contributed by atoms with E-state index >= 15 is 13.2 Å². The minimum atomic E-state index is -3.93. The summed E-state index contributed by atoms with van der Waals surface area (Å²) in [6.07, 6.45) is 0. The van der Waals surface area contributed by atoms with Gasteiger partial charge in [0.15, 0.2) is 23.1 Å². The van der Waals surface area contributed by atoms with Crippen LogP contribution in [0.1, 0.15) is 25.0 Å². The van der Waals surface area contributed by atoms with E-state index in [-0.39, 0.29) is 52.5 Å². The highest BCUT2D eigenvalue weighted by molar-refractivity contribution is 5.84. The van der Waals surface area contributed by atoms with Crippen molar-refractivity contribution in [2.45, 2.75) is 19.8 Å². The number of halogens is 6. The first-order valence-corrected chi connectivity index (χ1v) is 11.6. The number of fused-ring (bicyclic) bond motifs is 3. The molecule has 0 spiro atoms. The molecular formula is C29H20F6O2. The Bertz CT molecular complexity index is 1510. The van der Waals surface area contributed by atoms with E-state index in [1.807, 2.05) is 0 Å². The number of benzene rings is 4. The van der Waals surface area contributed by atoms with Gasteiger partial charge in [0.2, 0.25) is 5.82 Å². The van der Waals surface area contributed by atoms with Crippen molar-refractivity contribution >= 4 is 0 Å². The second-order valence-corrected chi connectivity index (χ2v) is 8.41. The lowest BCUT2D eigenvalue weighted by atomic mass is 9.95. The molecule has 0 radical (unpaired) electrons. The summed E-state index contributed by atoms with van der Waals surface area (Å²) in [5.41, 5.74) is -1.69. The average Bonchev–Trinajstić information content (AvgIpc) is 3.12. The summed E-state index contributed by atoms with van der Waals surface area (Å²) in [6, 6.07) is 13.6. The molecule has 0 fully saturated rings. The smallest absolute Gasteiger partial charge is 0.305 e. The van der Waals surface area contributed by atoms with Gasteiger partial charge in [0.1, 0.15) is 5.82 Å². The van der Waals surface area contributed by atoms with Crippen LogP contribution in [0.4, 0.5) is 26.3 Å². The van der Waals surface area contributed by atoms with E-state index < -0.39 is 40.3 Å². The van der Waals surface area contributed by atoms with Gasteiger partial charge in [-0.1, -0.05) is 36.4 Å². The van der Waals surface area contributed by atoms with Crippen LogP contribution in [0.25, 0.3) is 33.4 Å². The lowest BCUT2D eigenvalue weighted by Gasteiger charge is -2.16. The largest absolute Gasteiger partial charge is 0.491 e. The zero-order valence-electron chi connectivity index (χ0n) is 19.8. The van der Waals surface area contributed by atoms with Gasteiger partial charge in [-0.15, -0.1) is 0 Å². The van der Waals surface area contributed by atoms with Crippen LogP contribution in [0.2, 0.25) is 0 Å². The van der Waals surface area contributed by atoms with Gasteiger partial charge in [-0.2, -0.15) is 13.2 Å². The van der Waals surface area contributed by atoms with Crippen LogP contribution >= 0.6 is 0 Å². The van der Waals surface area contributed by atoms with Crippen LogP contribution < -0.4 is 9.47 Å². The summed E-state index contributed by atoms with van der Waals surface area (Å²) in [4.78, 5) is 0. The summed E-state index contributed by atoms with van der Waals surface area (Å²) >= 11 is 0. The minimum absolute atomic E-state index is 0.0375. The first-order chi connectivity index (χ1) is 17.7. The number of hydrogen-bond acceptors (Lipinski definition) is 2. The maximum atomic E-state index is 15.6. The van der Waals surface area contributed by atoms with E-state index in [0.29, 0.717) is 5.56 Å². The van der Waals surface area contributed by atoms with Crippen molar-refractivity contribution in [1.29, 1.82) is 0 Å². The Hall–Kier alpha value is -3.94. The Labute approximate surface area is 209 Å². The molecule has 37 heavy (non-hydrogen) atoms. The third kappa shape index (κ3) is 3.82. The third-order valence-corrected chi connectivity index (χ3v) is 6.32. The number of alkyl halides is 2. The van der Waals surface area contributed by atoms with Crippen molar-refractivity contribution < 1.29 is 35.8 Å². The number of ether oxygens (including phenoxy) is 2. The van der Waals surface area contributed by atoms with Crippen molar-refractivity contribution in [3.63, 3.8) is 0 Å². The molecule has 1 aliphatic carbocycles. The molecule has 0 saturated heterocycles. The maximum absolute atomic E-state index is 15.6. The molecule has 0 bridgehead atoms. The van der Waals surface area contributed by atoms with Crippen LogP contribution in [-0.2, 0) is 5.92 Å². The first-order valence-electron chi connectivity index (χ1n) is 11.6. The Morgan fingerprint density at radius 1 is 0.514 bits per heavy atom. The van der Waals surface area contributed by atoms with Crippen LogP contribution in [0.3, 0.4) is 0 Å². The normalized spacial score (nSPS) is 13.3. The molecule has 8 heteroatoms. The van der Waals surface area contributed by atoms with Crippen molar-refractivity contribution in [2.75, 3.05) is 13.2 Å². The lowest BCUT2D eigenvalue weighted by molar-refractivity contribution is 0.0400. The van der Waals surface area contributed by atoms with Gasteiger partial charge < -0.3 is 9.47 Å². The zero-order valence-corrected chi connectivity index (χ0v) is 19.8. The fraction of sp³-hybridized carbons (Fsp3) is 0.172. The van der Waals surface area contributed by atoms with Crippen LogP contribution in [-0.4, -0.2) is 13.2 Å². The van der Waals surface area contributed by atoms with E-state index in [1.54, 1.807) is 13.8 Å². The molecule has 0 saturated carbocycles. The van der Waals surface area contributed by atoms with Gasteiger partial charge in [0.05, 0.1) is 24.3 Å². The van der Waals surface area contributed by atoms with Crippen molar-refractivity contribution in [1.82, 2.24) is 0 Å². The van der Waals surface area contributed by atoms with E-state index in [2.05, 4.69) is 0 Å². The molecule has 0 heterocycles. The van der Waals surface area contributed by atoms with E-state index in [1.165, 1.54) is 60.7 Å². The predicted octanol–water partition coefficient (Wildman–Crippen LogP) is 8.49. The highest BCUT2D eigenvalue weighted by Gasteiger charge is 2.50. The van der Waals surface area contributed by atoms with Crippen molar-refractivity contribution in [3.8, 4) is 44.9 Å². The van der Waals surface area contributed by atoms with Gasteiger partial charge in [-0.25, -0.2) is 13.2 Å². The Balaban J connectivity index is 1.55. The molecule has 1 aliphatic rings. The van der Waals surface area contributed by atoms with Gasteiger partial charge in [0.25, 0.3) is 0 Å². The first kappa shape index (κ1) is 24.7. The molecule has 4 aromatic rings. The molecule has 0 amide bonds. The van der Waals surface area contributed by atoms with Crippen molar-refractivity contribution in [2.24, 2.45) is 0 Å². The predicted molar refractivity (Wildman–Crippen MR) is 128 cm³/mol. The van der Waals surface area contributed by atoms with Gasteiger partial charge >= 0.3 is 5.92 Å². The summed E-state index contributed by atoms with van der Waals surface area (Å²) in [6.45, 7) is 3.49. The molecule has 0 aromatic heterocycles. The number of rotatable bonds is 6. The molecular weight excluding hydrogens is 494 g/mol. The average molecular weight is 514 g/mol. The van der Waals surface area contributed by atoms with E-state index in [0.717, 1.165) is 0 Å². The molecule has 0 unspecified atom stereocenters. The molecule has 0 N–H and O–H groups in total. The summed E-state index contributed by atoms with van der Waals surface area (Å²) in [5.74, 6) is -9.12. The second-order valence-electron chi connectivity index (χ2n) is 8.41. The molecule has 5 rings (SSSR count). The molecule has 0 aliphatic heterocycles. The highest BCUT2D eigenvalue weighted by Crippen LogP contribution is 2.55. The standard InChI is InChI=1S/C29H20F6O2/c1-3-36-21-14-12-20-19-10-9-17(25(30)23(19)29(34,35)24(20)27(21)32)15-5-7-16(8-6-15)18-11-13-22(37-4-2)28(33)26(18)31/h5-14H,3-4H2,1-2H3. The van der Waals surface area contributed by atoms with E-state index in [4.69, 9.17) is 9.47 Å². The molecule has 2 nitrogen and oxygen atoms in total. The van der Waals surface area contributed by atoms with Crippen LogP contribution in [0.15, 0.2) is 60.7 Å². The Morgan fingerprint density at radius 2 is 0.919 bits per heavy atom. The SMILES string of the molecule is CCOc1ccc(-c2ccc(-c3ccc4c(c3F)C(F)(F)c3c-4ccc(OCC)c3F)cc2)c(F)c1F. The monoisotopic (exact) mass is 514 g/mol. The summed E-state index contributed by atoms with van der Waals surface area (Å²) in [7, 11) is 0. The number of hydrogen-bond donors (Lipinski definition) is 0. The van der Waals surface area contributed by atoms with Gasteiger partial charge in [0, 0.05) is 11.1 Å². The fourth-order valence-corrected chi connectivity index (χ4v) is 4.66. The van der Waals surface area contributed by atoms with Crippen molar-refractivity contribution in [3.05, 3.63) is 95.1 Å². The Kier molecular flexibility index (Phi) is 6.14. The second kappa shape index (κ2) is 9.18. The minimum Gasteiger partial charge on any atom is -0.491 e. The van der Waals surface area contributed by atoms with Gasteiger partial charge in [-0.05, 0) is 60.4 Å². The Morgan fingerprint density at radius 3 is 1.46 bits per heavy atom. The molecule has 4 aromatic carbocycles. The summed E-state index contributed by atoms with van der Waals surface area (Å²) in [5, 5.41) is 0. The van der Waals surface area contributed by atoms with Crippen LogP contribution in [0, 0.1) is 23.3 Å². The zero-order chi connectivity index (χ0) is 26.5. The maximum Gasteiger partial charge on any atom is 0.305 e. The fourth-order valence-electron chi connectivity index (χ4n) is 4.66.